The van der Waals surface area contributed by atoms with Gasteiger partial charge in [0.25, 0.3) is 5.69 Å². The molecule has 0 aliphatic heterocycles. The number of ether oxygens (including phenoxy) is 1. The van der Waals surface area contributed by atoms with Crippen LogP contribution in [0.25, 0.3) is 0 Å². The van der Waals surface area contributed by atoms with Crippen molar-refractivity contribution >= 4 is 27.6 Å². The minimum atomic E-state index is -0.568. The number of rotatable bonds is 3. The van der Waals surface area contributed by atoms with E-state index in [9.17, 15) is 14.9 Å². The zero-order valence-electron chi connectivity index (χ0n) is 9.90. The maximum Gasteiger partial charge on any atom is 0.338 e. The van der Waals surface area contributed by atoms with Crippen molar-refractivity contribution in [1.29, 1.82) is 0 Å². The zero-order chi connectivity index (χ0) is 13.4. The molecule has 0 bridgehead atoms. The highest BCUT2D eigenvalue weighted by Crippen LogP contribution is 2.21. The first-order valence-corrected chi connectivity index (χ1v) is 5.96. The maximum atomic E-state index is 11.3. The van der Waals surface area contributed by atoms with Gasteiger partial charge < -0.3 is 4.74 Å². The van der Waals surface area contributed by atoms with Gasteiger partial charge in [0.2, 0.25) is 0 Å². The molecule has 17 heavy (non-hydrogen) atoms. The van der Waals surface area contributed by atoms with Gasteiger partial charge in [-0.2, -0.15) is 0 Å². The Balaban J connectivity index is 0.00000121. The maximum absolute atomic E-state index is 11.3. The summed E-state index contributed by atoms with van der Waals surface area (Å²) < 4.78 is 5.21. The van der Waals surface area contributed by atoms with Crippen LogP contribution in [0.4, 0.5) is 5.69 Å². The van der Waals surface area contributed by atoms with Gasteiger partial charge in [-0.15, -0.1) is 0 Å². The monoisotopic (exact) mass is 303 g/mol. The van der Waals surface area contributed by atoms with Crippen molar-refractivity contribution < 1.29 is 14.5 Å². The predicted octanol–water partition coefficient (Wildman–Crippen LogP) is 3.56. The van der Waals surface area contributed by atoms with Gasteiger partial charge in [0.1, 0.15) is 0 Å². The molecular formula is C11H14BrNO4. The van der Waals surface area contributed by atoms with E-state index in [1.807, 2.05) is 13.8 Å². The molecule has 0 aliphatic rings. The third-order valence-corrected chi connectivity index (χ3v) is 2.06. The fourth-order valence-electron chi connectivity index (χ4n) is 1.01. The van der Waals surface area contributed by atoms with Crippen molar-refractivity contribution in [1.82, 2.24) is 0 Å². The normalized spacial score (nSPS) is 8.94. The summed E-state index contributed by atoms with van der Waals surface area (Å²) in [5, 5.41) is 10.5. The van der Waals surface area contributed by atoms with Crippen LogP contribution < -0.4 is 0 Å². The molecule has 0 saturated heterocycles. The molecule has 1 aromatic carbocycles. The second-order valence-electron chi connectivity index (χ2n) is 2.68. The van der Waals surface area contributed by atoms with Crippen LogP contribution in [0, 0.1) is 10.1 Å². The van der Waals surface area contributed by atoms with Gasteiger partial charge in [-0.1, -0.05) is 29.8 Å². The summed E-state index contributed by atoms with van der Waals surface area (Å²) in [5.74, 6) is -0.568. The molecule has 0 amide bonds. The molecule has 0 radical (unpaired) electrons. The Morgan fingerprint density at radius 2 is 2.00 bits per heavy atom. The summed E-state index contributed by atoms with van der Waals surface area (Å²) in [7, 11) is 0. The van der Waals surface area contributed by atoms with Gasteiger partial charge in [0.15, 0.2) is 0 Å². The number of benzene rings is 1. The van der Waals surface area contributed by atoms with E-state index in [2.05, 4.69) is 15.9 Å². The largest absolute Gasteiger partial charge is 0.462 e. The highest BCUT2D eigenvalue weighted by molar-refractivity contribution is 9.10. The van der Waals surface area contributed by atoms with Crippen LogP contribution in [0.2, 0.25) is 0 Å². The standard InChI is InChI=1S/C9H8BrNO4.C2H6/c1-2-15-9(12)6-3-7(10)5-8(4-6)11(13)14;1-2/h3-5H,2H2,1H3;1-2H3. The molecule has 0 atom stereocenters. The van der Waals surface area contributed by atoms with Gasteiger partial charge >= 0.3 is 5.97 Å². The first-order valence-electron chi connectivity index (χ1n) is 5.16. The number of non-ortho nitro benzene ring substituents is 1. The number of nitro groups is 1. The molecular weight excluding hydrogens is 290 g/mol. The highest BCUT2D eigenvalue weighted by atomic mass is 79.9. The van der Waals surface area contributed by atoms with E-state index in [0.29, 0.717) is 4.47 Å². The number of nitro benzene ring substituents is 1. The lowest BCUT2D eigenvalue weighted by molar-refractivity contribution is -0.385. The lowest BCUT2D eigenvalue weighted by atomic mass is 10.2. The molecule has 0 N–H and O–H groups in total. The smallest absolute Gasteiger partial charge is 0.338 e. The van der Waals surface area contributed by atoms with Crippen LogP contribution in [0.3, 0.4) is 0 Å². The molecule has 0 aliphatic carbocycles. The molecule has 0 saturated carbocycles. The lowest BCUT2D eigenvalue weighted by Crippen LogP contribution is -2.05. The number of carbonyl (C=O) groups is 1. The van der Waals surface area contributed by atoms with Crippen molar-refractivity contribution in [3.05, 3.63) is 38.3 Å². The van der Waals surface area contributed by atoms with Crippen molar-refractivity contribution in [2.75, 3.05) is 6.61 Å². The fourth-order valence-corrected chi connectivity index (χ4v) is 1.49. The lowest BCUT2D eigenvalue weighted by Gasteiger charge is -2.02. The molecule has 6 heteroatoms. The van der Waals surface area contributed by atoms with E-state index in [4.69, 9.17) is 4.74 Å². The van der Waals surface area contributed by atoms with Crippen LogP contribution in [-0.4, -0.2) is 17.5 Å². The van der Waals surface area contributed by atoms with Crippen molar-refractivity contribution in [3.8, 4) is 0 Å². The molecule has 1 rings (SSSR count). The molecule has 0 fully saturated rings. The fraction of sp³-hybridized carbons (Fsp3) is 0.364. The average molecular weight is 304 g/mol. The Morgan fingerprint density at radius 3 is 2.47 bits per heavy atom. The molecule has 0 heterocycles. The number of hydrogen-bond donors (Lipinski definition) is 0. The van der Waals surface area contributed by atoms with Crippen molar-refractivity contribution in [2.24, 2.45) is 0 Å². The first-order chi connectivity index (χ1) is 8.04. The van der Waals surface area contributed by atoms with Crippen molar-refractivity contribution in [2.45, 2.75) is 20.8 Å². The van der Waals surface area contributed by atoms with E-state index in [1.54, 1.807) is 6.92 Å². The van der Waals surface area contributed by atoms with Crippen LogP contribution in [0.5, 0.6) is 0 Å². The number of carbonyl (C=O) groups excluding carboxylic acids is 1. The van der Waals surface area contributed by atoms with E-state index in [0.717, 1.165) is 0 Å². The van der Waals surface area contributed by atoms with Gasteiger partial charge in [-0.3, -0.25) is 10.1 Å². The Morgan fingerprint density at radius 1 is 1.41 bits per heavy atom. The highest BCUT2D eigenvalue weighted by Gasteiger charge is 2.14. The van der Waals surface area contributed by atoms with Crippen LogP contribution in [0.15, 0.2) is 22.7 Å². The minimum absolute atomic E-state index is 0.146. The summed E-state index contributed by atoms with van der Waals surface area (Å²) in [6, 6.07) is 3.98. The topological polar surface area (TPSA) is 69.4 Å². The third-order valence-electron chi connectivity index (χ3n) is 1.60. The van der Waals surface area contributed by atoms with Crippen molar-refractivity contribution in [3.63, 3.8) is 0 Å². The Kier molecular flexibility index (Phi) is 7.13. The molecule has 0 aromatic heterocycles. The van der Waals surface area contributed by atoms with Crippen LogP contribution >= 0.6 is 15.9 Å². The Hall–Kier alpha value is -1.43. The number of esters is 1. The average Bonchev–Trinajstić information content (AvgIpc) is 2.31. The van der Waals surface area contributed by atoms with E-state index in [1.165, 1.54) is 18.2 Å². The van der Waals surface area contributed by atoms with E-state index < -0.39 is 10.9 Å². The minimum Gasteiger partial charge on any atom is -0.462 e. The summed E-state index contributed by atoms with van der Waals surface area (Å²) in [6.45, 7) is 5.91. The SMILES string of the molecule is CC.CCOC(=O)c1cc(Br)cc([N+](=O)[O-])c1. The molecule has 5 nitrogen and oxygen atoms in total. The van der Waals surface area contributed by atoms with E-state index >= 15 is 0 Å². The van der Waals surface area contributed by atoms with Gasteiger partial charge in [-0.05, 0) is 13.0 Å². The molecule has 1 aromatic rings. The Labute approximate surface area is 108 Å². The Bertz CT molecular complexity index is 406. The van der Waals surface area contributed by atoms with Gasteiger partial charge in [0.05, 0.1) is 17.1 Å². The third kappa shape index (κ3) is 4.95. The van der Waals surface area contributed by atoms with Gasteiger partial charge in [0, 0.05) is 16.6 Å². The second-order valence-corrected chi connectivity index (χ2v) is 3.59. The summed E-state index contributed by atoms with van der Waals surface area (Å²) in [5.41, 5.74) is 0.0188. The van der Waals surface area contributed by atoms with Crippen LogP contribution in [0.1, 0.15) is 31.1 Å². The molecule has 0 unspecified atom stereocenters. The first kappa shape index (κ1) is 15.6. The number of hydrogen-bond acceptors (Lipinski definition) is 4. The van der Waals surface area contributed by atoms with E-state index in [-0.39, 0.29) is 17.9 Å². The predicted molar refractivity (Wildman–Crippen MR) is 68.1 cm³/mol. The van der Waals surface area contributed by atoms with Crippen LogP contribution in [-0.2, 0) is 4.74 Å². The number of halogens is 1. The molecule has 0 spiro atoms. The zero-order valence-corrected chi connectivity index (χ0v) is 11.5. The summed E-state index contributed by atoms with van der Waals surface area (Å²) in [4.78, 5) is 21.3. The second kappa shape index (κ2) is 7.78. The summed E-state index contributed by atoms with van der Waals surface area (Å²) >= 11 is 3.09. The number of nitrogens with zero attached hydrogens (tertiary/aromatic N) is 1. The quantitative estimate of drug-likeness (QED) is 0.486. The van der Waals surface area contributed by atoms with Gasteiger partial charge in [-0.25, -0.2) is 4.79 Å². The summed E-state index contributed by atoms with van der Waals surface area (Å²) in [6.07, 6.45) is 0. The molecule has 94 valence electrons.